The number of hydrogen-bond donors (Lipinski definition) is 1. The van der Waals surface area contributed by atoms with Gasteiger partial charge in [-0.15, -0.1) is 0 Å². The van der Waals surface area contributed by atoms with Crippen LogP contribution in [0, 0.1) is 0 Å². The molecule has 0 amide bonds. The van der Waals surface area contributed by atoms with Gasteiger partial charge in [-0.1, -0.05) is 0 Å². The Morgan fingerprint density at radius 1 is 1.20 bits per heavy atom. The largest absolute Gasteiger partial charge is 0.390 e. The van der Waals surface area contributed by atoms with E-state index < -0.39 is 26.7 Å². The van der Waals surface area contributed by atoms with Crippen LogP contribution in [0.25, 0.3) is 0 Å². The second-order valence-corrected chi connectivity index (χ2v) is 7.95. The van der Waals surface area contributed by atoms with Crippen molar-refractivity contribution in [3.63, 3.8) is 0 Å². The zero-order chi connectivity index (χ0) is 11.1. The number of hydrogen-bond acceptors (Lipinski definition) is 5. The van der Waals surface area contributed by atoms with Crippen LogP contribution in [-0.2, 0) is 20.6 Å². The highest BCUT2D eigenvalue weighted by molar-refractivity contribution is 7.91. The van der Waals surface area contributed by atoms with Gasteiger partial charge in [0.2, 0.25) is 0 Å². The molecule has 0 aromatic heterocycles. The third-order valence-electron chi connectivity index (χ3n) is 2.97. The average Bonchev–Trinajstić information content (AvgIpc) is 2.41. The Morgan fingerprint density at radius 3 is 2.27 bits per heavy atom. The van der Waals surface area contributed by atoms with Crippen LogP contribution in [-0.4, -0.2) is 70.9 Å². The predicted molar refractivity (Wildman–Crippen MR) is 57.9 cm³/mol. The van der Waals surface area contributed by atoms with E-state index in [4.69, 9.17) is 0 Å². The monoisotopic (exact) mass is 253 g/mol. The molecule has 0 saturated carbocycles. The Bertz CT molecular complexity index is 357. The van der Waals surface area contributed by atoms with E-state index in [1.165, 1.54) is 0 Å². The number of sulfone groups is 1. The van der Waals surface area contributed by atoms with Gasteiger partial charge in [-0.2, -0.15) is 0 Å². The summed E-state index contributed by atoms with van der Waals surface area (Å²) in [7, 11) is -3.84. The normalized spacial score (nSPS) is 38.2. The molecule has 1 N–H and O–H groups in total. The van der Waals surface area contributed by atoms with E-state index in [1.807, 2.05) is 4.90 Å². The molecule has 5 nitrogen and oxygen atoms in total. The summed E-state index contributed by atoms with van der Waals surface area (Å²) in [5, 5.41) is 9.65. The van der Waals surface area contributed by atoms with Crippen molar-refractivity contribution in [2.75, 3.05) is 36.1 Å². The van der Waals surface area contributed by atoms with Gasteiger partial charge >= 0.3 is 0 Å². The first kappa shape index (κ1) is 11.5. The van der Waals surface area contributed by atoms with E-state index in [0.29, 0.717) is 24.6 Å². The van der Waals surface area contributed by atoms with Crippen molar-refractivity contribution in [1.29, 1.82) is 0 Å². The number of aliphatic hydroxyl groups is 1. The molecule has 15 heavy (non-hydrogen) atoms. The van der Waals surface area contributed by atoms with E-state index in [0.717, 1.165) is 0 Å². The van der Waals surface area contributed by atoms with Crippen molar-refractivity contribution in [3.8, 4) is 0 Å². The quantitative estimate of drug-likeness (QED) is 0.597. The Balaban J connectivity index is 2.03. The van der Waals surface area contributed by atoms with E-state index in [1.54, 1.807) is 0 Å². The molecule has 2 saturated heterocycles. The second kappa shape index (κ2) is 4.12. The molecule has 2 atom stereocenters. The molecule has 88 valence electrons. The highest BCUT2D eigenvalue weighted by Gasteiger charge is 2.40. The number of rotatable bonds is 1. The van der Waals surface area contributed by atoms with Crippen LogP contribution in [0.5, 0.6) is 0 Å². The fourth-order valence-corrected chi connectivity index (χ4v) is 5.06. The molecular weight excluding hydrogens is 238 g/mol. The lowest BCUT2D eigenvalue weighted by molar-refractivity contribution is 0.0893. The summed E-state index contributed by atoms with van der Waals surface area (Å²) >= 11 is 0. The summed E-state index contributed by atoms with van der Waals surface area (Å²) < 4.78 is 33.8. The zero-order valence-electron chi connectivity index (χ0n) is 8.33. The van der Waals surface area contributed by atoms with Gasteiger partial charge in [0.15, 0.2) is 9.84 Å². The Hall–Kier alpha value is 0.0200. The third-order valence-corrected chi connectivity index (χ3v) is 5.95. The molecule has 0 radical (unpaired) electrons. The van der Waals surface area contributed by atoms with Crippen LogP contribution < -0.4 is 0 Å². The van der Waals surface area contributed by atoms with E-state index >= 15 is 0 Å². The summed E-state index contributed by atoms with van der Waals surface area (Å²) in [6.45, 7) is 1.26. The molecule has 0 aromatic rings. The van der Waals surface area contributed by atoms with Crippen molar-refractivity contribution in [3.05, 3.63) is 0 Å². The van der Waals surface area contributed by atoms with Crippen molar-refractivity contribution < 1.29 is 17.7 Å². The Labute approximate surface area is 91.8 Å². The Morgan fingerprint density at radius 2 is 1.80 bits per heavy atom. The third kappa shape index (κ3) is 2.58. The molecule has 2 aliphatic rings. The first-order chi connectivity index (χ1) is 6.98. The van der Waals surface area contributed by atoms with Gasteiger partial charge in [0.25, 0.3) is 0 Å². The summed E-state index contributed by atoms with van der Waals surface area (Å²) in [4.78, 5) is 1.95. The lowest BCUT2D eigenvalue weighted by Gasteiger charge is -2.32. The summed E-state index contributed by atoms with van der Waals surface area (Å²) in [6.07, 6.45) is -0.776. The first-order valence-electron chi connectivity index (χ1n) is 4.95. The van der Waals surface area contributed by atoms with Crippen molar-refractivity contribution in [2.24, 2.45) is 0 Å². The number of nitrogens with zero attached hydrogens (tertiary/aromatic N) is 1. The van der Waals surface area contributed by atoms with Gasteiger partial charge in [0.1, 0.15) is 0 Å². The van der Waals surface area contributed by atoms with E-state index in [-0.39, 0.29) is 17.5 Å². The second-order valence-electron chi connectivity index (χ2n) is 4.10. The van der Waals surface area contributed by atoms with E-state index in [2.05, 4.69) is 0 Å². The number of aliphatic hydroxyl groups excluding tert-OH is 1. The molecule has 0 aromatic carbocycles. The van der Waals surface area contributed by atoms with Crippen molar-refractivity contribution in [1.82, 2.24) is 4.90 Å². The summed E-state index contributed by atoms with van der Waals surface area (Å²) in [5.74, 6) is 1.09. The minimum absolute atomic E-state index is 0.0425. The minimum atomic E-state index is -3.08. The van der Waals surface area contributed by atoms with Crippen molar-refractivity contribution >= 4 is 20.6 Å². The maximum Gasteiger partial charge on any atom is 0.154 e. The van der Waals surface area contributed by atoms with Crippen LogP contribution in [0.4, 0.5) is 0 Å². The van der Waals surface area contributed by atoms with Crippen LogP contribution in [0.3, 0.4) is 0 Å². The molecule has 0 bridgehead atoms. The lowest BCUT2D eigenvalue weighted by Crippen LogP contribution is -2.49. The lowest BCUT2D eigenvalue weighted by atomic mass is 10.2. The molecule has 2 fully saturated rings. The van der Waals surface area contributed by atoms with Gasteiger partial charge < -0.3 is 5.11 Å². The highest BCUT2D eigenvalue weighted by atomic mass is 32.2. The fourth-order valence-electron chi connectivity index (χ4n) is 2.14. The minimum Gasteiger partial charge on any atom is -0.390 e. The van der Waals surface area contributed by atoms with Crippen LogP contribution in [0.1, 0.15) is 0 Å². The van der Waals surface area contributed by atoms with Gasteiger partial charge in [-0.3, -0.25) is 9.11 Å². The zero-order valence-corrected chi connectivity index (χ0v) is 9.97. The molecule has 0 aliphatic carbocycles. The van der Waals surface area contributed by atoms with Crippen LogP contribution >= 0.6 is 0 Å². The smallest absolute Gasteiger partial charge is 0.154 e. The maximum atomic E-state index is 11.3. The molecule has 2 heterocycles. The highest BCUT2D eigenvalue weighted by Crippen LogP contribution is 2.19. The van der Waals surface area contributed by atoms with Gasteiger partial charge in [-0.25, -0.2) is 8.42 Å². The van der Waals surface area contributed by atoms with Crippen LogP contribution in [0.2, 0.25) is 0 Å². The molecule has 0 spiro atoms. The molecule has 2 unspecified atom stereocenters. The topological polar surface area (TPSA) is 74.7 Å². The standard InChI is InChI=1S/C8H15NO4S2/c10-8-6-15(12,13)5-7(8)9-1-3-14(11)4-2-9/h7-8,10H,1-6H2. The molecule has 2 rings (SSSR count). The SMILES string of the molecule is O=S1CCN(C2CS(=O)(=O)CC2O)CC1. The Kier molecular flexibility index (Phi) is 3.16. The average molecular weight is 253 g/mol. The molecular formula is C8H15NO4S2. The maximum absolute atomic E-state index is 11.3. The van der Waals surface area contributed by atoms with Gasteiger partial charge in [0.05, 0.1) is 23.7 Å². The van der Waals surface area contributed by atoms with Crippen LogP contribution in [0.15, 0.2) is 0 Å². The fraction of sp³-hybridized carbons (Fsp3) is 1.00. The summed E-state index contributed by atoms with van der Waals surface area (Å²) in [5.41, 5.74) is 0. The molecule has 7 heteroatoms. The predicted octanol–water partition coefficient (Wildman–Crippen LogP) is -1.79. The molecule has 2 aliphatic heterocycles. The van der Waals surface area contributed by atoms with E-state index in [9.17, 15) is 17.7 Å². The summed E-state index contributed by atoms with van der Waals surface area (Å²) in [6, 6.07) is -0.285. The van der Waals surface area contributed by atoms with Gasteiger partial charge in [0, 0.05) is 35.4 Å². The van der Waals surface area contributed by atoms with Gasteiger partial charge in [-0.05, 0) is 0 Å². The van der Waals surface area contributed by atoms with Crippen molar-refractivity contribution in [2.45, 2.75) is 12.1 Å². The first-order valence-corrected chi connectivity index (χ1v) is 8.26.